The van der Waals surface area contributed by atoms with Crippen molar-refractivity contribution in [2.45, 2.75) is 19.8 Å². The van der Waals surface area contributed by atoms with E-state index in [1.165, 1.54) is 0 Å². The predicted molar refractivity (Wildman–Crippen MR) is 55.7 cm³/mol. The van der Waals surface area contributed by atoms with Gasteiger partial charge in [-0.1, -0.05) is 0 Å². The van der Waals surface area contributed by atoms with Crippen LogP contribution < -0.4 is 0 Å². The van der Waals surface area contributed by atoms with Crippen LogP contribution in [0.4, 0.5) is 0 Å². The first-order valence-electron chi connectivity index (χ1n) is 4.03. The van der Waals surface area contributed by atoms with Gasteiger partial charge in [-0.05, 0) is 0 Å². The molecule has 0 unspecified atom stereocenters. The number of unbranched alkanes of at least 4 members (excludes halogenated alkanes) is 1. The first-order chi connectivity index (χ1) is 9.27. The van der Waals surface area contributed by atoms with Gasteiger partial charge in [0.05, 0.1) is 0 Å². The third kappa shape index (κ3) is 160. The number of rotatable bonds is 5. The molecule has 0 rings (SSSR count). The molecule has 19 heavy (non-hydrogen) atoms. The third-order valence-electron chi connectivity index (χ3n) is 0.858. The minimum atomic E-state index is 0.796. The Bertz CT molecular complexity index is 227. The quantitative estimate of drug-likeness (QED) is 0.326. The topological polar surface area (TPSA) is 109 Å². The van der Waals surface area contributed by atoms with Crippen molar-refractivity contribution in [1.29, 1.82) is 0 Å². The molecule has 0 aliphatic carbocycles. The Balaban J connectivity index is -0.0000000356. The van der Waals surface area contributed by atoms with E-state index in [0.717, 1.165) is 24.0 Å². The Hall–Kier alpha value is -1.20. The molecule has 0 atom stereocenters. The number of hydrogen-bond acceptors (Lipinski definition) is 1. The van der Waals surface area contributed by atoms with Crippen molar-refractivity contribution in [1.82, 2.24) is 0 Å². The second-order valence-electron chi connectivity index (χ2n) is 1.77. The molecule has 0 aromatic rings. The van der Waals surface area contributed by atoms with Crippen molar-refractivity contribution in [2.75, 3.05) is 6.61 Å². The number of allylic oxidation sites excluding steroid dienone is 1. The molecule has 0 aromatic heterocycles. The second kappa shape index (κ2) is 90.7. The Labute approximate surface area is 121 Å². The van der Waals surface area contributed by atoms with Crippen molar-refractivity contribution in [3.05, 3.63) is 45.9 Å². The van der Waals surface area contributed by atoms with Crippen LogP contribution in [0.15, 0.2) is 12.7 Å². The van der Waals surface area contributed by atoms with E-state index >= 15 is 0 Å². The Morgan fingerprint density at radius 2 is 1.32 bits per heavy atom. The van der Waals surface area contributed by atoms with Gasteiger partial charge in [0.2, 0.25) is 0 Å². The first kappa shape index (κ1) is 36.1. The molecule has 6 nitrogen and oxygen atoms in total. The molecule has 0 spiro atoms. The van der Waals surface area contributed by atoms with E-state index in [2.05, 4.69) is 55.7 Å². The van der Waals surface area contributed by atoms with Gasteiger partial charge in [0.15, 0.2) is 0 Å². The number of ether oxygens (including phenoxy) is 1. The summed E-state index contributed by atoms with van der Waals surface area (Å²) in [5.74, 6) is 0. The van der Waals surface area contributed by atoms with Gasteiger partial charge < -0.3 is 0 Å². The Kier molecular flexibility index (Phi) is 172. The van der Waals surface area contributed by atoms with Crippen LogP contribution in [0.3, 0.4) is 0 Å². The fourth-order valence-electron chi connectivity index (χ4n) is 0.444. The molecular weight excluding hydrogens is 292 g/mol. The van der Waals surface area contributed by atoms with Crippen LogP contribution in [0.1, 0.15) is 19.8 Å². The Morgan fingerprint density at radius 1 is 1.00 bits per heavy atom. The molecule has 0 saturated carbocycles. The molecule has 0 N–H and O–H groups in total. The minimum absolute atomic E-state index is 0.796. The van der Waals surface area contributed by atoms with Crippen molar-refractivity contribution in [3.8, 4) is 0 Å². The van der Waals surface area contributed by atoms with Crippen LogP contribution in [0.2, 0.25) is 0 Å². The molecular formula is C12H12CrO6. The molecule has 0 aliphatic rings. The SMILES string of the molecule is C=CCCCO[C](C)=[Cr].[C-]#[O+].[C-]#[O+].[C-]#[O+].[C-]#[O+].[C-]#[O+]. The summed E-state index contributed by atoms with van der Waals surface area (Å²) in [6.45, 7) is 28.8. The van der Waals surface area contributed by atoms with E-state index in [4.69, 9.17) is 28.0 Å². The van der Waals surface area contributed by atoms with Crippen molar-refractivity contribution in [3.63, 3.8) is 0 Å². The van der Waals surface area contributed by atoms with Crippen LogP contribution in [0.5, 0.6) is 0 Å². The summed E-state index contributed by atoms with van der Waals surface area (Å²) in [4.78, 5) is 0. The van der Waals surface area contributed by atoms with Crippen LogP contribution in [0, 0.1) is 33.3 Å². The Morgan fingerprint density at radius 3 is 1.53 bits per heavy atom. The summed E-state index contributed by atoms with van der Waals surface area (Å²) in [5, 5.41) is 0. The van der Waals surface area contributed by atoms with Gasteiger partial charge in [-0.3, -0.25) is 0 Å². The number of hydrogen-bond donors (Lipinski definition) is 0. The van der Waals surface area contributed by atoms with E-state index in [1.54, 1.807) is 0 Å². The molecule has 0 aliphatic heterocycles. The van der Waals surface area contributed by atoms with Crippen molar-refractivity contribution in [2.24, 2.45) is 0 Å². The van der Waals surface area contributed by atoms with Crippen LogP contribution in [-0.4, -0.2) is 11.2 Å². The summed E-state index contributed by atoms with van der Waals surface area (Å²) >= 11 is 2.79. The standard InChI is InChI=1S/C7H12O.5CO.Cr/c1-3-5-6-7-8-4-2;5*1-2;/h3H,1,5-7H2,2H3;;;;;;. The van der Waals surface area contributed by atoms with Crippen LogP contribution in [-0.2, 0) is 43.8 Å². The third-order valence-corrected chi connectivity index (χ3v) is 1.04. The summed E-state index contributed by atoms with van der Waals surface area (Å²) in [7, 11) is 0. The average Bonchev–Trinajstić information content (AvgIpc) is 2.53. The molecule has 7 heteroatoms. The van der Waals surface area contributed by atoms with E-state index in [9.17, 15) is 0 Å². The zero-order valence-corrected chi connectivity index (χ0v) is 11.5. The van der Waals surface area contributed by atoms with Gasteiger partial charge in [0, 0.05) is 0 Å². The fraction of sp³-hybridized carbons (Fsp3) is 0.333. The van der Waals surface area contributed by atoms with Gasteiger partial charge >= 0.3 is 121 Å². The van der Waals surface area contributed by atoms with Crippen LogP contribution in [0.25, 0.3) is 0 Å². The van der Waals surface area contributed by atoms with Gasteiger partial charge in [-0.25, -0.2) is 0 Å². The molecule has 102 valence electrons. The zero-order valence-electron chi connectivity index (χ0n) is 10.3. The second-order valence-corrected chi connectivity index (χ2v) is 2.67. The summed E-state index contributed by atoms with van der Waals surface area (Å²) < 4.78 is 43.6. The average molecular weight is 304 g/mol. The maximum atomic E-state index is 7.50. The molecule has 0 amide bonds. The fourth-order valence-corrected chi connectivity index (χ4v) is 0.574. The molecule has 0 radical (unpaired) electrons. The van der Waals surface area contributed by atoms with Crippen molar-refractivity contribution < 1.29 is 43.8 Å². The van der Waals surface area contributed by atoms with Crippen molar-refractivity contribution >= 4 is 4.57 Å². The molecule has 0 heterocycles. The summed E-state index contributed by atoms with van der Waals surface area (Å²) in [6, 6.07) is 0. The maximum absolute atomic E-state index is 7.50. The summed E-state index contributed by atoms with van der Waals surface area (Å²) in [5.41, 5.74) is 0. The molecule has 0 aromatic carbocycles. The van der Waals surface area contributed by atoms with Gasteiger partial charge in [0.1, 0.15) is 0 Å². The van der Waals surface area contributed by atoms with E-state index in [-0.39, 0.29) is 0 Å². The normalized spacial score (nSPS) is 4.79. The molecule has 0 fully saturated rings. The molecule has 0 saturated heterocycles. The summed E-state index contributed by atoms with van der Waals surface area (Å²) in [6.07, 6.45) is 3.99. The van der Waals surface area contributed by atoms with E-state index < -0.39 is 0 Å². The van der Waals surface area contributed by atoms with E-state index in [0.29, 0.717) is 0 Å². The molecule has 0 bridgehead atoms. The first-order valence-corrected chi connectivity index (χ1v) is 4.67. The van der Waals surface area contributed by atoms with Crippen LogP contribution >= 0.6 is 0 Å². The predicted octanol–water partition coefficient (Wildman–Crippen LogP) is 1.48. The van der Waals surface area contributed by atoms with Gasteiger partial charge in [0.25, 0.3) is 0 Å². The van der Waals surface area contributed by atoms with Gasteiger partial charge in [-0.2, -0.15) is 0 Å². The zero-order chi connectivity index (χ0) is 17.1. The van der Waals surface area contributed by atoms with E-state index in [1.807, 2.05) is 13.0 Å². The monoisotopic (exact) mass is 304 g/mol. The van der Waals surface area contributed by atoms with Gasteiger partial charge in [-0.15, -0.1) is 0 Å².